The molecule has 0 spiro atoms. The van der Waals surface area contributed by atoms with Crippen LogP contribution in [0, 0.1) is 0 Å². The summed E-state index contributed by atoms with van der Waals surface area (Å²) in [6.07, 6.45) is -3.44. The zero-order valence-electron chi connectivity index (χ0n) is 14.0. The molecule has 2 aromatic heterocycles. The lowest BCUT2D eigenvalue weighted by Crippen LogP contribution is -2.21. The third-order valence-corrected chi connectivity index (χ3v) is 4.66. The van der Waals surface area contributed by atoms with E-state index in [2.05, 4.69) is 10.2 Å². The number of thioether (sulfide) groups is 1. The van der Waals surface area contributed by atoms with Crippen LogP contribution in [0.1, 0.15) is 21.5 Å². The number of carbonyl (C=O) groups excluding carboxylic acids is 1. The first kappa shape index (κ1) is 18.2. The van der Waals surface area contributed by atoms with Crippen molar-refractivity contribution in [1.29, 1.82) is 0 Å². The quantitative estimate of drug-likeness (QED) is 0.647. The number of benzene rings is 1. The predicted octanol–water partition coefficient (Wildman–Crippen LogP) is 3.74. The molecule has 0 atom stereocenters. The third kappa shape index (κ3) is 3.82. The van der Waals surface area contributed by atoms with E-state index in [-0.39, 0.29) is 5.91 Å². The van der Waals surface area contributed by atoms with E-state index in [9.17, 15) is 18.0 Å². The average Bonchev–Trinajstić information content (AvgIpc) is 3.01. The molecule has 26 heavy (non-hydrogen) atoms. The number of hydrogen-bond acceptors (Lipinski definition) is 4. The largest absolute Gasteiger partial charge is 0.417 e. The van der Waals surface area contributed by atoms with E-state index in [0.717, 1.165) is 17.8 Å². The Morgan fingerprint density at radius 1 is 1.19 bits per heavy atom. The van der Waals surface area contributed by atoms with Gasteiger partial charge >= 0.3 is 6.18 Å². The average molecular weight is 380 g/mol. The van der Waals surface area contributed by atoms with Crippen molar-refractivity contribution in [2.24, 2.45) is 0 Å². The molecular formula is C17H15F3N4OS. The van der Waals surface area contributed by atoms with Gasteiger partial charge < -0.3 is 4.90 Å². The SMILES string of the molecule is CN(C)C(=O)c1cccc(CSc2nnc3ccc(C(F)(F)F)cn23)c1. The maximum atomic E-state index is 12.9. The maximum Gasteiger partial charge on any atom is 0.417 e. The van der Waals surface area contributed by atoms with Gasteiger partial charge in [-0.2, -0.15) is 13.2 Å². The fourth-order valence-corrected chi connectivity index (χ4v) is 3.20. The number of fused-ring (bicyclic) bond motifs is 1. The Hall–Kier alpha value is -2.55. The van der Waals surface area contributed by atoms with Crippen LogP contribution in [-0.2, 0) is 11.9 Å². The van der Waals surface area contributed by atoms with Crippen LogP contribution in [0.25, 0.3) is 5.65 Å². The Morgan fingerprint density at radius 2 is 1.96 bits per heavy atom. The van der Waals surface area contributed by atoms with Gasteiger partial charge in [-0.3, -0.25) is 9.20 Å². The predicted molar refractivity (Wildman–Crippen MR) is 92.0 cm³/mol. The first-order valence-electron chi connectivity index (χ1n) is 7.61. The van der Waals surface area contributed by atoms with Crippen molar-refractivity contribution < 1.29 is 18.0 Å². The number of aromatic nitrogens is 3. The maximum absolute atomic E-state index is 12.9. The molecular weight excluding hydrogens is 365 g/mol. The number of halogens is 3. The van der Waals surface area contributed by atoms with Gasteiger partial charge in [0.2, 0.25) is 0 Å². The fourth-order valence-electron chi connectivity index (χ4n) is 2.34. The molecule has 0 radical (unpaired) electrons. The standard InChI is InChI=1S/C17H15F3N4OS/c1-23(2)15(25)12-5-3-4-11(8-12)10-26-16-22-21-14-7-6-13(9-24(14)16)17(18,19)20/h3-9H,10H2,1-2H3. The molecule has 1 aromatic carbocycles. The zero-order chi connectivity index (χ0) is 18.9. The number of hydrogen-bond donors (Lipinski definition) is 0. The lowest BCUT2D eigenvalue weighted by atomic mass is 10.1. The molecule has 9 heteroatoms. The topological polar surface area (TPSA) is 50.5 Å². The van der Waals surface area contributed by atoms with Gasteiger partial charge in [0.15, 0.2) is 10.8 Å². The van der Waals surface area contributed by atoms with Gasteiger partial charge in [0.25, 0.3) is 5.91 Å². The van der Waals surface area contributed by atoms with E-state index in [1.54, 1.807) is 32.3 Å². The van der Waals surface area contributed by atoms with Crippen molar-refractivity contribution in [3.05, 3.63) is 59.3 Å². The molecule has 0 aliphatic heterocycles. The molecule has 0 aliphatic carbocycles. The van der Waals surface area contributed by atoms with Crippen molar-refractivity contribution in [2.45, 2.75) is 17.1 Å². The van der Waals surface area contributed by atoms with Crippen LogP contribution >= 0.6 is 11.8 Å². The van der Waals surface area contributed by atoms with Crippen LogP contribution in [0.3, 0.4) is 0 Å². The number of nitrogens with zero attached hydrogens (tertiary/aromatic N) is 4. The summed E-state index contributed by atoms with van der Waals surface area (Å²) >= 11 is 1.25. The second-order valence-corrected chi connectivity index (χ2v) is 6.76. The van der Waals surface area contributed by atoms with Gasteiger partial charge in [0.05, 0.1) is 5.56 Å². The second kappa shape index (κ2) is 6.99. The van der Waals surface area contributed by atoms with E-state index in [1.807, 2.05) is 6.07 Å². The molecule has 3 rings (SSSR count). The normalized spacial score (nSPS) is 11.7. The third-order valence-electron chi connectivity index (χ3n) is 3.65. The van der Waals surface area contributed by atoms with Gasteiger partial charge in [-0.1, -0.05) is 23.9 Å². The number of alkyl halides is 3. The number of carbonyl (C=O) groups is 1. The van der Waals surface area contributed by atoms with E-state index in [1.165, 1.54) is 27.1 Å². The van der Waals surface area contributed by atoms with E-state index >= 15 is 0 Å². The highest BCUT2D eigenvalue weighted by Crippen LogP contribution is 2.30. The Kier molecular flexibility index (Phi) is 4.90. The molecule has 0 bridgehead atoms. The summed E-state index contributed by atoms with van der Waals surface area (Å²) in [5.41, 5.74) is 1.01. The smallest absolute Gasteiger partial charge is 0.345 e. The fraction of sp³-hybridized carbons (Fsp3) is 0.235. The Balaban J connectivity index is 1.82. The van der Waals surface area contributed by atoms with Gasteiger partial charge in [0.1, 0.15) is 0 Å². The van der Waals surface area contributed by atoms with Crippen molar-refractivity contribution in [2.75, 3.05) is 14.1 Å². The molecule has 0 fully saturated rings. The monoisotopic (exact) mass is 380 g/mol. The molecule has 3 aromatic rings. The minimum atomic E-state index is -4.43. The van der Waals surface area contributed by atoms with Gasteiger partial charge in [-0.25, -0.2) is 0 Å². The van der Waals surface area contributed by atoms with Crippen molar-refractivity contribution in [1.82, 2.24) is 19.5 Å². The summed E-state index contributed by atoms with van der Waals surface area (Å²) in [5, 5.41) is 8.20. The molecule has 136 valence electrons. The summed E-state index contributed by atoms with van der Waals surface area (Å²) < 4.78 is 40.0. The molecule has 0 N–H and O–H groups in total. The second-order valence-electron chi connectivity index (χ2n) is 5.81. The van der Waals surface area contributed by atoms with Gasteiger partial charge in [0, 0.05) is 31.6 Å². The highest BCUT2D eigenvalue weighted by molar-refractivity contribution is 7.98. The van der Waals surface area contributed by atoms with Crippen LogP contribution in [0.15, 0.2) is 47.8 Å². The summed E-state index contributed by atoms with van der Waals surface area (Å²) in [5.74, 6) is 0.339. The minimum Gasteiger partial charge on any atom is -0.345 e. The number of rotatable bonds is 4. The Bertz CT molecular complexity index is 953. The lowest BCUT2D eigenvalue weighted by Gasteiger charge is -2.11. The van der Waals surface area contributed by atoms with E-state index in [0.29, 0.717) is 22.1 Å². The van der Waals surface area contributed by atoms with Crippen LogP contribution in [0.2, 0.25) is 0 Å². The summed E-state index contributed by atoms with van der Waals surface area (Å²) in [6.45, 7) is 0. The Labute approximate surface area is 151 Å². The van der Waals surface area contributed by atoms with E-state index in [4.69, 9.17) is 0 Å². The molecule has 1 amide bonds. The Morgan fingerprint density at radius 3 is 2.65 bits per heavy atom. The van der Waals surface area contributed by atoms with Crippen LogP contribution < -0.4 is 0 Å². The van der Waals surface area contributed by atoms with Crippen molar-refractivity contribution >= 4 is 23.3 Å². The summed E-state index contributed by atoms with van der Waals surface area (Å²) in [7, 11) is 3.34. The molecule has 0 unspecified atom stereocenters. The van der Waals surface area contributed by atoms with Crippen LogP contribution in [0.5, 0.6) is 0 Å². The van der Waals surface area contributed by atoms with Crippen molar-refractivity contribution in [3.8, 4) is 0 Å². The molecule has 0 saturated heterocycles. The van der Waals surface area contributed by atoms with Crippen LogP contribution in [-0.4, -0.2) is 39.5 Å². The molecule has 5 nitrogen and oxygen atoms in total. The zero-order valence-corrected chi connectivity index (χ0v) is 14.8. The summed E-state index contributed by atoms with van der Waals surface area (Å²) in [6, 6.07) is 9.38. The number of pyridine rings is 1. The minimum absolute atomic E-state index is 0.111. The number of amides is 1. The van der Waals surface area contributed by atoms with Crippen molar-refractivity contribution in [3.63, 3.8) is 0 Å². The molecule has 0 aliphatic rings. The summed E-state index contributed by atoms with van der Waals surface area (Å²) in [4.78, 5) is 13.5. The molecule has 0 saturated carbocycles. The van der Waals surface area contributed by atoms with Gasteiger partial charge in [-0.15, -0.1) is 10.2 Å². The van der Waals surface area contributed by atoms with E-state index < -0.39 is 11.7 Å². The lowest BCUT2D eigenvalue weighted by molar-refractivity contribution is -0.137. The first-order valence-corrected chi connectivity index (χ1v) is 8.59. The highest BCUT2D eigenvalue weighted by Gasteiger charge is 2.31. The first-order chi connectivity index (χ1) is 12.3. The highest BCUT2D eigenvalue weighted by atomic mass is 32.2. The van der Waals surface area contributed by atoms with Crippen LogP contribution in [0.4, 0.5) is 13.2 Å². The van der Waals surface area contributed by atoms with Gasteiger partial charge in [-0.05, 0) is 29.8 Å². The molecule has 2 heterocycles.